The average Bonchev–Trinajstić information content (AvgIpc) is 2.88. The summed E-state index contributed by atoms with van der Waals surface area (Å²) < 4.78 is 11.1. The average molecular weight is 463 g/mol. The van der Waals surface area contributed by atoms with E-state index in [4.69, 9.17) is 19.4 Å². The van der Waals surface area contributed by atoms with Crippen molar-refractivity contribution in [2.75, 3.05) is 67.7 Å². The van der Waals surface area contributed by atoms with Gasteiger partial charge in [-0.2, -0.15) is 15.2 Å². The van der Waals surface area contributed by atoms with Gasteiger partial charge in [0, 0.05) is 37.4 Å². The molecular formula is C24H26N6O4. The van der Waals surface area contributed by atoms with Crippen molar-refractivity contribution in [1.82, 2.24) is 9.97 Å². The summed E-state index contributed by atoms with van der Waals surface area (Å²) in [6.07, 6.45) is 0. The number of aliphatic carboxylic acids is 1. The van der Waals surface area contributed by atoms with Crippen LogP contribution in [0.25, 0.3) is 0 Å². The fraction of sp³-hybridized carbons (Fsp3) is 0.417. The molecule has 2 fully saturated rings. The van der Waals surface area contributed by atoms with Crippen molar-refractivity contribution < 1.29 is 19.4 Å². The first-order valence-corrected chi connectivity index (χ1v) is 11.4. The van der Waals surface area contributed by atoms with Crippen LogP contribution in [0.1, 0.15) is 29.5 Å². The van der Waals surface area contributed by atoms with Crippen molar-refractivity contribution in [2.45, 2.75) is 12.8 Å². The summed E-state index contributed by atoms with van der Waals surface area (Å²) in [7, 11) is 0. The number of hydrogen-bond acceptors (Lipinski definition) is 9. The van der Waals surface area contributed by atoms with Crippen LogP contribution in [-0.2, 0) is 14.3 Å². The van der Waals surface area contributed by atoms with Gasteiger partial charge in [-0.1, -0.05) is 18.2 Å². The monoisotopic (exact) mass is 462 g/mol. The van der Waals surface area contributed by atoms with Gasteiger partial charge in [-0.15, -0.1) is 0 Å². The van der Waals surface area contributed by atoms with E-state index in [-0.39, 0.29) is 5.57 Å². The second-order valence-corrected chi connectivity index (χ2v) is 8.41. The number of nitrogens with zero attached hydrogens (tertiary/aromatic N) is 5. The molecule has 0 amide bonds. The number of morpholine rings is 2. The Kier molecular flexibility index (Phi) is 6.04. The summed E-state index contributed by atoms with van der Waals surface area (Å²) in [4.78, 5) is 26.5. The number of carboxylic acid groups (broad SMARTS) is 1. The number of hydrogen-bond donors (Lipinski definition) is 2. The third-order valence-electron chi connectivity index (χ3n) is 6.43. The van der Waals surface area contributed by atoms with Gasteiger partial charge in [-0.05, 0) is 18.6 Å². The minimum atomic E-state index is -1.04. The van der Waals surface area contributed by atoms with Crippen molar-refractivity contribution >= 4 is 23.6 Å². The molecule has 2 saturated heterocycles. The SMILES string of the molecule is CC1=C(C(=O)O)C(c2ccccc2C#N)c2c(nc(N3CCOCC3)nc2N2CCOCC2)N1. The summed E-state index contributed by atoms with van der Waals surface area (Å²) in [5.41, 5.74) is 2.41. The summed E-state index contributed by atoms with van der Waals surface area (Å²) in [5, 5.41) is 23.3. The molecule has 0 aliphatic carbocycles. The molecule has 2 aromatic rings. The molecule has 1 aromatic heterocycles. The van der Waals surface area contributed by atoms with Crippen LogP contribution in [0.5, 0.6) is 0 Å². The number of carboxylic acids is 1. The molecule has 5 rings (SSSR count). The number of ether oxygens (including phenoxy) is 2. The number of allylic oxidation sites excluding steroid dienone is 1. The minimum Gasteiger partial charge on any atom is -0.478 e. The van der Waals surface area contributed by atoms with Crippen molar-refractivity contribution in [1.29, 1.82) is 5.26 Å². The minimum absolute atomic E-state index is 0.187. The molecule has 10 nitrogen and oxygen atoms in total. The molecule has 176 valence electrons. The number of anilines is 3. The van der Waals surface area contributed by atoms with Crippen LogP contribution >= 0.6 is 0 Å². The van der Waals surface area contributed by atoms with Crippen LogP contribution < -0.4 is 15.1 Å². The molecule has 3 aliphatic heterocycles. The maximum absolute atomic E-state index is 12.5. The topological polar surface area (TPSA) is 124 Å². The molecule has 10 heteroatoms. The highest BCUT2D eigenvalue weighted by atomic mass is 16.5. The maximum atomic E-state index is 12.5. The fourth-order valence-corrected chi connectivity index (χ4v) is 4.78. The van der Waals surface area contributed by atoms with E-state index in [1.807, 2.05) is 12.1 Å². The number of fused-ring (bicyclic) bond motifs is 1. The van der Waals surface area contributed by atoms with Gasteiger partial charge in [0.1, 0.15) is 11.6 Å². The van der Waals surface area contributed by atoms with Gasteiger partial charge in [-0.25, -0.2) is 4.79 Å². The van der Waals surface area contributed by atoms with Gasteiger partial charge in [-0.3, -0.25) is 0 Å². The Bertz CT molecular complexity index is 1180. The highest BCUT2D eigenvalue weighted by molar-refractivity contribution is 5.94. The van der Waals surface area contributed by atoms with Crippen molar-refractivity contribution in [3.8, 4) is 6.07 Å². The summed E-state index contributed by atoms with van der Waals surface area (Å²) >= 11 is 0. The summed E-state index contributed by atoms with van der Waals surface area (Å²) in [6.45, 7) is 6.65. The molecule has 1 atom stereocenters. The van der Waals surface area contributed by atoms with Gasteiger partial charge in [0.25, 0.3) is 0 Å². The van der Waals surface area contributed by atoms with Crippen LogP contribution in [0.15, 0.2) is 35.5 Å². The number of carbonyl (C=O) groups is 1. The molecule has 0 spiro atoms. The van der Waals surface area contributed by atoms with Gasteiger partial charge in [0.2, 0.25) is 5.95 Å². The van der Waals surface area contributed by atoms with E-state index < -0.39 is 11.9 Å². The van der Waals surface area contributed by atoms with Gasteiger partial charge < -0.3 is 29.7 Å². The first-order chi connectivity index (χ1) is 16.6. The number of aromatic nitrogens is 2. The quantitative estimate of drug-likeness (QED) is 0.696. The summed E-state index contributed by atoms with van der Waals surface area (Å²) in [6, 6.07) is 9.36. The zero-order valence-electron chi connectivity index (χ0n) is 19.0. The zero-order chi connectivity index (χ0) is 23.7. The number of nitriles is 1. The maximum Gasteiger partial charge on any atom is 0.334 e. The first kappa shape index (κ1) is 22.1. The Morgan fingerprint density at radius 2 is 1.74 bits per heavy atom. The lowest BCUT2D eigenvalue weighted by Gasteiger charge is -2.37. The molecule has 1 unspecified atom stereocenters. The predicted molar refractivity (Wildman–Crippen MR) is 125 cm³/mol. The normalized spacial score (nSPS) is 20.4. The first-order valence-electron chi connectivity index (χ1n) is 11.4. The Morgan fingerprint density at radius 1 is 1.09 bits per heavy atom. The second-order valence-electron chi connectivity index (χ2n) is 8.41. The van der Waals surface area contributed by atoms with Crippen LogP contribution in [0.2, 0.25) is 0 Å². The molecule has 0 radical (unpaired) electrons. The van der Waals surface area contributed by atoms with E-state index in [0.29, 0.717) is 92.6 Å². The molecule has 3 aliphatic rings. The van der Waals surface area contributed by atoms with E-state index in [1.54, 1.807) is 19.1 Å². The molecule has 1 aromatic carbocycles. The van der Waals surface area contributed by atoms with Crippen LogP contribution in [-0.4, -0.2) is 73.7 Å². The Hall–Kier alpha value is -3.68. The Labute approximate surface area is 197 Å². The number of benzene rings is 1. The molecular weight excluding hydrogens is 436 g/mol. The van der Waals surface area contributed by atoms with E-state index in [2.05, 4.69) is 21.2 Å². The molecule has 0 bridgehead atoms. The van der Waals surface area contributed by atoms with Crippen LogP contribution in [0.3, 0.4) is 0 Å². The summed E-state index contributed by atoms with van der Waals surface area (Å²) in [5.74, 6) is 0.0826. The van der Waals surface area contributed by atoms with E-state index in [1.165, 1.54) is 0 Å². The smallest absolute Gasteiger partial charge is 0.334 e. The third kappa shape index (κ3) is 3.93. The zero-order valence-corrected chi connectivity index (χ0v) is 19.0. The standard InChI is InChI=1S/C24H26N6O4/c1-15-18(23(31)32)19(17-5-3-2-4-16(17)14-25)20-21(26-15)27-24(30-8-12-34-13-9-30)28-22(20)29-6-10-33-11-7-29/h2-5,19H,6-13H2,1H3,(H,31,32)(H,26,27,28). The Balaban J connectivity index is 1.75. The lowest BCUT2D eigenvalue weighted by molar-refractivity contribution is -0.132. The highest BCUT2D eigenvalue weighted by Crippen LogP contribution is 2.46. The van der Waals surface area contributed by atoms with Crippen molar-refractivity contribution in [3.05, 3.63) is 52.2 Å². The molecule has 4 heterocycles. The van der Waals surface area contributed by atoms with Crippen LogP contribution in [0.4, 0.5) is 17.6 Å². The lowest BCUT2D eigenvalue weighted by Crippen LogP contribution is -2.41. The van der Waals surface area contributed by atoms with Crippen molar-refractivity contribution in [2.24, 2.45) is 0 Å². The van der Waals surface area contributed by atoms with E-state index in [0.717, 1.165) is 0 Å². The second kappa shape index (κ2) is 9.29. The van der Waals surface area contributed by atoms with Gasteiger partial charge in [0.05, 0.1) is 49.6 Å². The van der Waals surface area contributed by atoms with E-state index >= 15 is 0 Å². The highest BCUT2D eigenvalue weighted by Gasteiger charge is 2.39. The van der Waals surface area contributed by atoms with Crippen LogP contribution in [0, 0.1) is 11.3 Å². The van der Waals surface area contributed by atoms with Gasteiger partial charge >= 0.3 is 5.97 Å². The molecule has 0 saturated carbocycles. The Morgan fingerprint density at radius 3 is 2.38 bits per heavy atom. The lowest BCUT2D eigenvalue weighted by atomic mass is 9.80. The molecule has 2 N–H and O–H groups in total. The number of nitrogens with one attached hydrogen (secondary N) is 1. The van der Waals surface area contributed by atoms with E-state index in [9.17, 15) is 15.2 Å². The number of rotatable bonds is 4. The largest absolute Gasteiger partial charge is 0.478 e. The fourth-order valence-electron chi connectivity index (χ4n) is 4.78. The molecule has 34 heavy (non-hydrogen) atoms. The van der Waals surface area contributed by atoms with Crippen molar-refractivity contribution in [3.63, 3.8) is 0 Å². The predicted octanol–water partition coefficient (Wildman–Crippen LogP) is 1.94. The third-order valence-corrected chi connectivity index (χ3v) is 6.43. The van der Waals surface area contributed by atoms with Gasteiger partial charge in [0.15, 0.2) is 0 Å².